The highest BCUT2D eigenvalue weighted by Gasteiger charge is 2.14. The molecular weight excluding hydrogens is 450 g/mol. The van der Waals surface area contributed by atoms with Gasteiger partial charge in [-0.25, -0.2) is 14.8 Å². The maximum absolute atomic E-state index is 12.1. The van der Waals surface area contributed by atoms with Crippen molar-refractivity contribution < 1.29 is 14.3 Å². The Balaban J connectivity index is 1.63. The van der Waals surface area contributed by atoms with Gasteiger partial charge in [-0.1, -0.05) is 23.7 Å². The van der Waals surface area contributed by atoms with Crippen LogP contribution in [0.5, 0.6) is 11.8 Å². The van der Waals surface area contributed by atoms with Gasteiger partial charge in [0.25, 0.3) is 5.91 Å². The number of anilines is 2. The number of urea groups is 1. The highest BCUT2D eigenvalue weighted by molar-refractivity contribution is 9.10. The fourth-order valence-electron chi connectivity index (χ4n) is 2.15. The third kappa shape index (κ3) is 4.96. The van der Waals surface area contributed by atoms with E-state index in [-0.39, 0.29) is 22.3 Å². The number of aromatic nitrogens is 2. The number of benzene rings is 2. The highest BCUT2D eigenvalue weighted by atomic mass is 79.9. The normalized spacial score (nSPS) is 10.2. The Kier molecular flexibility index (Phi) is 6.07. The molecule has 28 heavy (non-hydrogen) atoms. The molecule has 3 aromatic rings. The van der Waals surface area contributed by atoms with E-state index in [4.69, 9.17) is 22.1 Å². The summed E-state index contributed by atoms with van der Waals surface area (Å²) in [6.45, 7) is 0. The molecule has 0 bridgehead atoms. The van der Waals surface area contributed by atoms with Crippen molar-refractivity contribution in [1.82, 2.24) is 15.3 Å². The van der Waals surface area contributed by atoms with Crippen LogP contribution in [0, 0.1) is 0 Å². The minimum Gasteiger partial charge on any atom is -0.423 e. The number of carbonyl (C=O) groups is 2. The Morgan fingerprint density at radius 2 is 1.82 bits per heavy atom. The van der Waals surface area contributed by atoms with Crippen LogP contribution >= 0.6 is 27.5 Å². The third-order valence-electron chi connectivity index (χ3n) is 3.42. The minimum atomic E-state index is -0.728. The molecular formula is C18H13BrClN5O3. The van der Waals surface area contributed by atoms with Crippen molar-refractivity contribution in [2.45, 2.75) is 0 Å². The van der Waals surface area contributed by atoms with E-state index in [1.807, 2.05) is 0 Å². The summed E-state index contributed by atoms with van der Waals surface area (Å²) in [4.78, 5) is 32.1. The summed E-state index contributed by atoms with van der Waals surface area (Å²) in [5.74, 6) is -0.308. The Morgan fingerprint density at radius 1 is 1.11 bits per heavy atom. The topological polar surface area (TPSA) is 119 Å². The molecule has 142 valence electrons. The van der Waals surface area contributed by atoms with Gasteiger partial charge in [0.05, 0.1) is 15.1 Å². The number of nitrogens with one attached hydrogen (secondary N) is 2. The number of para-hydroxylation sites is 1. The summed E-state index contributed by atoms with van der Waals surface area (Å²) < 4.78 is 6.20. The van der Waals surface area contributed by atoms with Crippen LogP contribution < -0.4 is 21.1 Å². The molecule has 0 saturated heterocycles. The SMILES string of the molecule is Nc1ccccc1C(=O)NC(=O)Nc1ccc(Oc2ncc(Br)cn2)c(Cl)c1. The van der Waals surface area contributed by atoms with Crippen LogP contribution in [0.2, 0.25) is 5.02 Å². The number of halogens is 2. The first-order valence-corrected chi connectivity index (χ1v) is 9.01. The first-order chi connectivity index (χ1) is 13.4. The number of hydrogen-bond acceptors (Lipinski definition) is 6. The fraction of sp³-hybridized carbons (Fsp3) is 0. The molecule has 1 heterocycles. The number of hydrogen-bond donors (Lipinski definition) is 3. The van der Waals surface area contributed by atoms with Crippen LogP contribution in [0.4, 0.5) is 16.2 Å². The van der Waals surface area contributed by atoms with E-state index in [2.05, 4.69) is 36.5 Å². The summed E-state index contributed by atoms with van der Waals surface area (Å²) in [7, 11) is 0. The number of carbonyl (C=O) groups excluding carboxylic acids is 2. The molecule has 4 N–H and O–H groups in total. The molecule has 0 fully saturated rings. The highest BCUT2D eigenvalue weighted by Crippen LogP contribution is 2.30. The molecule has 0 atom stereocenters. The summed E-state index contributed by atoms with van der Waals surface area (Å²) >= 11 is 9.40. The van der Waals surface area contributed by atoms with Crippen molar-refractivity contribution in [1.29, 1.82) is 0 Å². The zero-order valence-corrected chi connectivity index (χ0v) is 16.5. The Morgan fingerprint density at radius 3 is 2.50 bits per heavy atom. The molecule has 3 rings (SSSR count). The van der Waals surface area contributed by atoms with Crippen LogP contribution in [0.3, 0.4) is 0 Å². The number of imide groups is 1. The van der Waals surface area contributed by atoms with E-state index in [1.165, 1.54) is 24.5 Å². The van der Waals surface area contributed by atoms with Crippen molar-refractivity contribution in [3.8, 4) is 11.8 Å². The molecule has 1 aromatic heterocycles. The maximum atomic E-state index is 12.1. The average molecular weight is 463 g/mol. The molecule has 0 spiro atoms. The van der Waals surface area contributed by atoms with Crippen LogP contribution in [0.15, 0.2) is 59.3 Å². The smallest absolute Gasteiger partial charge is 0.326 e. The van der Waals surface area contributed by atoms with Gasteiger partial charge in [-0.15, -0.1) is 0 Å². The van der Waals surface area contributed by atoms with Gasteiger partial charge in [0.1, 0.15) is 5.75 Å². The van der Waals surface area contributed by atoms with Crippen molar-refractivity contribution in [3.05, 3.63) is 69.9 Å². The number of nitrogens with two attached hydrogens (primary N) is 1. The molecule has 0 saturated carbocycles. The largest absolute Gasteiger partial charge is 0.423 e. The Labute approximate surface area is 173 Å². The maximum Gasteiger partial charge on any atom is 0.326 e. The van der Waals surface area contributed by atoms with E-state index in [0.29, 0.717) is 15.9 Å². The van der Waals surface area contributed by atoms with Gasteiger partial charge in [0, 0.05) is 23.8 Å². The first-order valence-electron chi connectivity index (χ1n) is 7.84. The van der Waals surface area contributed by atoms with Gasteiger partial charge in [0.2, 0.25) is 0 Å². The van der Waals surface area contributed by atoms with E-state index in [1.54, 1.807) is 30.3 Å². The van der Waals surface area contributed by atoms with Crippen LogP contribution in [-0.4, -0.2) is 21.9 Å². The number of amides is 3. The van der Waals surface area contributed by atoms with E-state index in [0.717, 1.165) is 0 Å². The predicted octanol–water partition coefficient (Wildman–Crippen LogP) is 4.23. The standard InChI is InChI=1S/C18H13BrClN5O3/c19-10-8-22-18(23-9-10)28-15-6-5-11(7-13(15)20)24-17(27)25-16(26)12-3-1-2-4-14(12)21/h1-9H,21H2,(H2,24,25,26,27). The molecule has 0 aliphatic rings. The van der Waals surface area contributed by atoms with E-state index >= 15 is 0 Å². The number of rotatable bonds is 4. The van der Waals surface area contributed by atoms with Crippen LogP contribution in [0.1, 0.15) is 10.4 Å². The zero-order valence-electron chi connectivity index (χ0n) is 14.1. The van der Waals surface area contributed by atoms with Crippen LogP contribution in [0.25, 0.3) is 0 Å². The quantitative estimate of drug-likeness (QED) is 0.499. The molecule has 10 heteroatoms. The second kappa shape index (κ2) is 8.68. The Hall–Kier alpha value is -3.17. The zero-order chi connectivity index (χ0) is 20.1. The summed E-state index contributed by atoms with van der Waals surface area (Å²) in [5, 5.41) is 4.93. The lowest BCUT2D eigenvalue weighted by atomic mass is 10.2. The molecule has 0 aliphatic heterocycles. The first kappa shape index (κ1) is 19.6. The lowest BCUT2D eigenvalue weighted by Gasteiger charge is -2.10. The van der Waals surface area contributed by atoms with Gasteiger partial charge in [-0.2, -0.15) is 0 Å². The van der Waals surface area contributed by atoms with Gasteiger partial charge in [-0.05, 0) is 46.3 Å². The summed E-state index contributed by atoms with van der Waals surface area (Å²) in [6, 6.07) is 10.4. The second-order valence-corrected chi connectivity index (χ2v) is 6.75. The van der Waals surface area contributed by atoms with Gasteiger partial charge in [-0.3, -0.25) is 10.1 Å². The lowest BCUT2D eigenvalue weighted by molar-refractivity contribution is 0.0968. The second-order valence-electron chi connectivity index (χ2n) is 5.43. The predicted molar refractivity (Wildman–Crippen MR) is 109 cm³/mol. The molecule has 0 unspecified atom stereocenters. The van der Waals surface area contributed by atoms with Crippen LogP contribution in [-0.2, 0) is 0 Å². The van der Waals surface area contributed by atoms with Crippen molar-refractivity contribution in [2.75, 3.05) is 11.1 Å². The van der Waals surface area contributed by atoms with Gasteiger partial charge < -0.3 is 15.8 Å². The van der Waals surface area contributed by atoms with Gasteiger partial charge in [0.15, 0.2) is 0 Å². The van der Waals surface area contributed by atoms with Crippen molar-refractivity contribution in [3.63, 3.8) is 0 Å². The van der Waals surface area contributed by atoms with E-state index in [9.17, 15) is 9.59 Å². The number of nitrogens with zero attached hydrogens (tertiary/aromatic N) is 2. The fourth-order valence-corrected chi connectivity index (χ4v) is 2.57. The third-order valence-corrected chi connectivity index (χ3v) is 4.12. The van der Waals surface area contributed by atoms with Crippen molar-refractivity contribution >= 4 is 50.8 Å². The molecule has 2 aromatic carbocycles. The summed E-state index contributed by atoms with van der Waals surface area (Å²) in [5.41, 5.74) is 6.56. The average Bonchev–Trinajstić information content (AvgIpc) is 2.66. The van der Waals surface area contributed by atoms with Crippen molar-refractivity contribution in [2.24, 2.45) is 0 Å². The summed E-state index contributed by atoms with van der Waals surface area (Å²) in [6.07, 6.45) is 3.07. The lowest BCUT2D eigenvalue weighted by Crippen LogP contribution is -2.34. The number of ether oxygens (including phenoxy) is 1. The number of nitrogen functional groups attached to an aromatic ring is 1. The molecule has 3 amide bonds. The molecule has 8 nitrogen and oxygen atoms in total. The van der Waals surface area contributed by atoms with E-state index < -0.39 is 11.9 Å². The molecule has 0 aliphatic carbocycles. The Bertz CT molecular complexity index is 1030. The minimum absolute atomic E-state index is 0.120. The molecule has 0 radical (unpaired) electrons. The van der Waals surface area contributed by atoms with Gasteiger partial charge >= 0.3 is 12.0 Å². The monoisotopic (exact) mass is 461 g/mol.